The summed E-state index contributed by atoms with van der Waals surface area (Å²) in [4.78, 5) is 11.0. The summed E-state index contributed by atoms with van der Waals surface area (Å²) in [5.74, 6) is -0.745. The minimum absolute atomic E-state index is 0.131. The molecule has 4 rings (SSSR count). The number of hydrogen-bond acceptors (Lipinski definition) is 4. The molecule has 4 aromatic rings. The molecular weight excluding hydrogens is 377 g/mol. The number of carboxylic acids is 1. The van der Waals surface area contributed by atoms with Crippen molar-refractivity contribution in [2.75, 3.05) is 5.75 Å². The average Bonchev–Trinajstić information content (AvgIpc) is 3.10. The van der Waals surface area contributed by atoms with Crippen molar-refractivity contribution < 1.29 is 14.3 Å². The molecule has 1 aromatic heterocycles. The predicted octanol–water partition coefficient (Wildman–Crippen LogP) is 4.33. The van der Waals surface area contributed by atoms with Crippen molar-refractivity contribution in [1.29, 1.82) is 0 Å². The molecule has 0 aliphatic carbocycles. The Bertz CT molecular complexity index is 1140. The summed E-state index contributed by atoms with van der Waals surface area (Å²) >= 11 is 1.09. The lowest BCUT2D eigenvalue weighted by Crippen LogP contribution is -2.06. The molecule has 1 N–H and O–H groups in total. The molecule has 0 radical (unpaired) electrons. The van der Waals surface area contributed by atoms with Gasteiger partial charge in [0.2, 0.25) is 0 Å². The largest absolute Gasteiger partial charge is 0.481 e. The maximum absolute atomic E-state index is 13.4. The van der Waals surface area contributed by atoms with Gasteiger partial charge in [0.1, 0.15) is 11.6 Å². The van der Waals surface area contributed by atoms with Crippen molar-refractivity contribution in [1.82, 2.24) is 14.8 Å². The maximum Gasteiger partial charge on any atom is 0.313 e. The molecule has 0 saturated carbocycles. The van der Waals surface area contributed by atoms with Crippen molar-refractivity contribution >= 4 is 28.5 Å². The topological polar surface area (TPSA) is 68.0 Å². The second kappa shape index (κ2) is 7.82. The Morgan fingerprint density at radius 2 is 1.75 bits per heavy atom. The van der Waals surface area contributed by atoms with Gasteiger partial charge < -0.3 is 5.11 Å². The SMILES string of the molecule is O=C(O)CSc1nnc(Cc2cccc3ccccc23)n1-c1ccc(F)cc1. The van der Waals surface area contributed by atoms with E-state index >= 15 is 0 Å². The van der Waals surface area contributed by atoms with E-state index in [0.717, 1.165) is 28.1 Å². The van der Waals surface area contributed by atoms with Crippen LogP contribution in [0.3, 0.4) is 0 Å². The summed E-state index contributed by atoms with van der Waals surface area (Å²) in [7, 11) is 0. The number of nitrogens with zero attached hydrogens (tertiary/aromatic N) is 3. The Hall–Kier alpha value is -3.19. The Labute approximate surface area is 164 Å². The number of aliphatic carboxylic acids is 1. The Morgan fingerprint density at radius 1 is 1.00 bits per heavy atom. The van der Waals surface area contributed by atoms with E-state index in [2.05, 4.69) is 28.4 Å². The van der Waals surface area contributed by atoms with Gasteiger partial charge in [-0.05, 0) is 40.6 Å². The summed E-state index contributed by atoms with van der Waals surface area (Å²) in [6.07, 6.45) is 0.513. The lowest BCUT2D eigenvalue weighted by molar-refractivity contribution is -0.133. The van der Waals surface area contributed by atoms with Crippen LogP contribution in [-0.2, 0) is 11.2 Å². The molecule has 0 atom stereocenters. The highest BCUT2D eigenvalue weighted by molar-refractivity contribution is 7.99. The number of halogens is 1. The summed E-state index contributed by atoms with van der Waals surface area (Å²) in [6.45, 7) is 0. The van der Waals surface area contributed by atoms with Crippen LogP contribution in [-0.4, -0.2) is 31.6 Å². The first-order valence-electron chi connectivity index (χ1n) is 8.63. The molecule has 0 saturated heterocycles. The number of hydrogen-bond donors (Lipinski definition) is 1. The Kier molecular flexibility index (Phi) is 5.08. The van der Waals surface area contributed by atoms with E-state index in [9.17, 15) is 9.18 Å². The van der Waals surface area contributed by atoms with Crippen molar-refractivity contribution in [2.45, 2.75) is 11.6 Å². The highest BCUT2D eigenvalue weighted by atomic mass is 32.2. The van der Waals surface area contributed by atoms with E-state index < -0.39 is 5.97 Å². The second-order valence-electron chi connectivity index (χ2n) is 6.21. The molecule has 0 unspecified atom stereocenters. The van der Waals surface area contributed by atoms with E-state index in [0.29, 0.717) is 23.1 Å². The normalized spacial score (nSPS) is 11.0. The number of aromatic nitrogens is 3. The number of fused-ring (bicyclic) bond motifs is 1. The minimum atomic E-state index is -0.936. The lowest BCUT2D eigenvalue weighted by Gasteiger charge is -2.11. The lowest BCUT2D eigenvalue weighted by atomic mass is 10.0. The smallest absolute Gasteiger partial charge is 0.313 e. The Balaban J connectivity index is 1.77. The van der Waals surface area contributed by atoms with E-state index in [4.69, 9.17) is 5.11 Å². The van der Waals surface area contributed by atoms with Gasteiger partial charge in [0.15, 0.2) is 5.16 Å². The molecule has 0 fully saturated rings. The fourth-order valence-corrected chi connectivity index (χ4v) is 3.79. The van der Waals surface area contributed by atoms with Crippen LogP contribution in [0.5, 0.6) is 0 Å². The highest BCUT2D eigenvalue weighted by Crippen LogP contribution is 2.26. The van der Waals surface area contributed by atoms with Gasteiger partial charge in [-0.3, -0.25) is 9.36 Å². The number of rotatable bonds is 6. The van der Waals surface area contributed by atoms with Gasteiger partial charge in [0.05, 0.1) is 5.75 Å². The van der Waals surface area contributed by atoms with Crippen molar-refractivity contribution in [3.8, 4) is 5.69 Å². The Morgan fingerprint density at radius 3 is 2.54 bits per heavy atom. The monoisotopic (exact) mass is 393 g/mol. The van der Waals surface area contributed by atoms with Gasteiger partial charge in [-0.1, -0.05) is 54.2 Å². The van der Waals surface area contributed by atoms with E-state index in [-0.39, 0.29) is 11.6 Å². The van der Waals surface area contributed by atoms with Gasteiger partial charge in [0, 0.05) is 12.1 Å². The zero-order valence-electron chi connectivity index (χ0n) is 14.7. The third-order valence-electron chi connectivity index (χ3n) is 4.34. The standard InChI is InChI=1S/C21H16FN3O2S/c22-16-8-10-17(11-9-16)25-19(23-24-21(25)28-13-20(26)27)12-15-6-3-5-14-4-1-2-7-18(14)15/h1-11H,12-13H2,(H,26,27). The molecule has 0 spiro atoms. The minimum Gasteiger partial charge on any atom is -0.481 e. The molecular formula is C21H16FN3O2S. The molecule has 3 aromatic carbocycles. The molecule has 28 heavy (non-hydrogen) atoms. The fraction of sp³-hybridized carbons (Fsp3) is 0.0952. The van der Waals surface area contributed by atoms with E-state index in [1.807, 2.05) is 24.3 Å². The quantitative estimate of drug-likeness (QED) is 0.494. The molecule has 1 heterocycles. The number of carbonyl (C=O) groups is 1. The molecule has 5 nitrogen and oxygen atoms in total. The van der Waals surface area contributed by atoms with Gasteiger partial charge >= 0.3 is 5.97 Å². The zero-order chi connectivity index (χ0) is 19.5. The molecule has 7 heteroatoms. The van der Waals surface area contributed by atoms with Crippen molar-refractivity contribution in [2.24, 2.45) is 0 Å². The fourth-order valence-electron chi connectivity index (χ4n) is 3.10. The predicted molar refractivity (Wildman–Crippen MR) is 106 cm³/mol. The number of benzene rings is 3. The molecule has 0 aliphatic rings. The van der Waals surface area contributed by atoms with Crippen LogP contribution >= 0.6 is 11.8 Å². The molecule has 0 aliphatic heterocycles. The van der Waals surface area contributed by atoms with Crippen LogP contribution < -0.4 is 0 Å². The van der Waals surface area contributed by atoms with Crippen LogP contribution in [0.2, 0.25) is 0 Å². The van der Waals surface area contributed by atoms with Gasteiger partial charge in [-0.2, -0.15) is 0 Å². The van der Waals surface area contributed by atoms with E-state index in [1.165, 1.54) is 12.1 Å². The molecule has 0 bridgehead atoms. The van der Waals surface area contributed by atoms with Crippen LogP contribution in [0.1, 0.15) is 11.4 Å². The molecule has 140 valence electrons. The second-order valence-corrected chi connectivity index (χ2v) is 7.15. The van der Waals surface area contributed by atoms with Gasteiger partial charge in [-0.15, -0.1) is 10.2 Å². The highest BCUT2D eigenvalue weighted by Gasteiger charge is 2.17. The first-order chi connectivity index (χ1) is 13.6. The van der Waals surface area contributed by atoms with E-state index in [1.54, 1.807) is 16.7 Å². The number of carboxylic acid groups (broad SMARTS) is 1. The number of thioether (sulfide) groups is 1. The summed E-state index contributed by atoms with van der Waals surface area (Å²) in [5.41, 5.74) is 1.78. The van der Waals surface area contributed by atoms with Crippen LogP contribution in [0, 0.1) is 5.82 Å². The van der Waals surface area contributed by atoms with Gasteiger partial charge in [0.25, 0.3) is 0 Å². The third kappa shape index (κ3) is 3.75. The third-order valence-corrected chi connectivity index (χ3v) is 5.25. The maximum atomic E-state index is 13.4. The summed E-state index contributed by atoms with van der Waals surface area (Å²) < 4.78 is 15.2. The van der Waals surface area contributed by atoms with Gasteiger partial charge in [-0.25, -0.2) is 4.39 Å². The van der Waals surface area contributed by atoms with Crippen LogP contribution in [0.15, 0.2) is 71.9 Å². The first kappa shape index (κ1) is 18.2. The molecule has 0 amide bonds. The average molecular weight is 393 g/mol. The zero-order valence-corrected chi connectivity index (χ0v) is 15.6. The van der Waals surface area contributed by atoms with Crippen LogP contribution in [0.25, 0.3) is 16.5 Å². The van der Waals surface area contributed by atoms with Crippen molar-refractivity contribution in [3.63, 3.8) is 0 Å². The van der Waals surface area contributed by atoms with Crippen molar-refractivity contribution in [3.05, 3.63) is 83.9 Å². The first-order valence-corrected chi connectivity index (χ1v) is 9.62. The van der Waals surface area contributed by atoms with Crippen LogP contribution in [0.4, 0.5) is 4.39 Å². The summed E-state index contributed by atoms with van der Waals surface area (Å²) in [6, 6.07) is 20.2. The summed E-state index contributed by atoms with van der Waals surface area (Å²) in [5, 5.41) is 20.2.